The molecule has 9 aromatic rings. The highest BCUT2D eigenvalue weighted by atomic mass is 32.2. The molecule has 91 heavy (non-hydrogen) atoms. The number of nitrogens with zero attached hydrogens (tertiary/aromatic N) is 4. The molecule has 0 saturated carbocycles. The number of aromatic nitrogens is 2. The first-order valence-corrected chi connectivity index (χ1v) is 34.7. The van der Waals surface area contributed by atoms with Crippen LogP contribution in [0.3, 0.4) is 0 Å². The van der Waals surface area contributed by atoms with E-state index in [4.69, 9.17) is 9.97 Å². The number of anilines is 4. The van der Waals surface area contributed by atoms with Crippen molar-refractivity contribution < 1.29 is 0 Å². The lowest BCUT2D eigenvalue weighted by atomic mass is 9.64. The van der Waals surface area contributed by atoms with E-state index in [1.807, 2.05) is 35.9 Å². The van der Waals surface area contributed by atoms with Gasteiger partial charge in [-0.15, -0.1) is 23.1 Å². The lowest BCUT2D eigenvalue weighted by Gasteiger charge is -2.39. The highest BCUT2D eigenvalue weighted by Gasteiger charge is 2.51. The van der Waals surface area contributed by atoms with Gasteiger partial charge in [0.1, 0.15) is 0 Å². The lowest BCUT2D eigenvalue weighted by molar-refractivity contribution is 0.639. The number of fused-ring (bicyclic) bond motifs is 5. The summed E-state index contributed by atoms with van der Waals surface area (Å²) in [6.07, 6.45) is 49.1. The third-order valence-electron chi connectivity index (χ3n) is 20.6. The van der Waals surface area contributed by atoms with Crippen molar-refractivity contribution in [3.05, 3.63) is 327 Å². The topological polar surface area (TPSA) is 32.3 Å². The molecule has 17 rings (SSSR count). The Morgan fingerprint density at radius 3 is 1.78 bits per heavy atom. The van der Waals surface area contributed by atoms with Crippen LogP contribution in [0.25, 0.3) is 43.0 Å². The molecule has 3 aromatic heterocycles. The second kappa shape index (κ2) is 23.0. The van der Waals surface area contributed by atoms with Crippen LogP contribution in [0.15, 0.2) is 305 Å². The van der Waals surface area contributed by atoms with Crippen LogP contribution in [0, 0.1) is 5.92 Å². The van der Waals surface area contributed by atoms with E-state index in [1.165, 1.54) is 109 Å². The minimum atomic E-state index is -0.633. The fraction of sp³-hybridized carbons (Fsp3) is 0.200. The summed E-state index contributed by atoms with van der Waals surface area (Å²) in [5.41, 5.74) is 25.3. The van der Waals surface area contributed by atoms with E-state index in [9.17, 15) is 0 Å². The molecule has 0 saturated heterocycles. The maximum Gasteiger partial charge on any atom is 0.0722 e. The second-order valence-electron chi connectivity index (χ2n) is 26.0. The lowest BCUT2D eigenvalue weighted by Crippen LogP contribution is -2.32. The Morgan fingerprint density at radius 2 is 1.18 bits per heavy atom. The molecule has 4 heterocycles. The standard InChI is InChI=1S/C85H72N4S2/c1-56-32-34-60(35-33-56)82-74-47-43-70(55-80(74)91-84(82,2)62-26-12-5-13-27-62)89(68-39-37-58-25-19-49-87-78(58)53-68)66-41-45-72-71-44-40-65(50-75(71)85(76(72)51-66,63-28-14-6-15-29-63)64-30-16-7-17-31-64)88(67-38-36-57-24-18-48-86-77(57)52-67)69-42-46-73-79(54-69)90-83(61-22-10-4-11-23-61)81(73)59-20-8-3-9-21-59/h4,6-8,10,12,14-22,24-32,34-39,42-43,46-56,82H,3,5,9,11,13,23,33,40-41,44-45H2,1-2H3. The Labute approximate surface area is 543 Å². The van der Waals surface area contributed by atoms with Gasteiger partial charge in [0.25, 0.3) is 0 Å². The van der Waals surface area contributed by atoms with Crippen LogP contribution in [0.1, 0.15) is 118 Å². The van der Waals surface area contributed by atoms with Crippen molar-refractivity contribution in [3.63, 3.8) is 0 Å². The maximum absolute atomic E-state index is 4.99. The molecule has 0 N–H and O–H groups in total. The van der Waals surface area contributed by atoms with Gasteiger partial charge in [-0.3, -0.25) is 9.97 Å². The van der Waals surface area contributed by atoms with E-state index < -0.39 is 5.41 Å². The summed E-state index contributed by atoms with van der Waals surface area (Å²) in [5, 5.41) is 3.60. The van der Waals surface area contributed by atoms with E-state index in [1.54, 1.807) is 0 Å². The Bertz CT molecular complexity index is 4840. The number of hydrogen-bond acceptors (Lipinski definition) is 6. The molecule has 3 unspecified atom stereocenters. The van der Waals surface area contributed by atoms with Crippen LogP contribution in [-0.2, 0) is 5.41 Å². The average Bonchev–Trinajstić information content (AvgIpc) is 1.55. The van der Waals surface area contributed by atoms with Crippen LogP contribution in [0.2, 0.25) is 0 Å². The summed E-state index contributed by atoms with van der Waals surface area (Å²) in [5.74, 6) is 0.787. The van der Waals surface area contributed by atoms with Crippen LogP contribution in [-0.4, -0.2) is 14.7 Å². The zero-order valence-corrected chi connectivity index (χ0v) is 53.4. The molecule has 0 amide bonds. The van der Waals surface area contributed by atoms with Gasteiger partial charge in [-0.2, -0.15) is 0 Å². The SMILES string of the molecule is CC1C=CC(C2c3ccc(N(C4=CC5=C(CC4)C4=C(C=C(N(c6ccc7cccnc7c6)c6ccc7c(C8=CCCC=C8)c(C8=CC=CCC8)sc7c6)CC4)C5(c4ccccc4)c4ccccc4)c4ccc5cccnc5c4)cc3SC2(C)C2=CCCC=C2)=CC1. The smallest absolute Gasteiger partial charge is 0.0722 e. The third kappa shape index (κ3) is 9.54. The number of pyridine rings is 2. The van der Waals surface area contributed by atoms with Gasteiger partial charge in [-0.1, -0.05) is 177 Å². The molecule has 6 aromatic carbocycles. The van der Waals surface area contributed by atoms with Crippen molar-refractivity contribution in [1.82, 2.24) is 9.97 Å². The van der Waals surface area contributed by atoms with Gasteiger partial charge in [0.15, 0.2) is 0 Å². The Balaban J connectivity index is 0.844. The molecule has 7 aliphatic carbocycles. The van der Waals surface area contributed by atoms with E-state index in [-0.39, 0.29) is 10.7 Å². The fourth-order valence-corrected chi connectivity index (χ4v) is 19.2. The molecule has 6 heteroatoms. The van der Waals surface area contributed by atoms with Crippen molar-refractivity contribution in [2.24, 2.45) is 5.92 Å². The van der Waals surface area contributed by atoms with Crippen molar-refractivity contribution in [1.29, 1.82) is 0 Å². The minimum absolute atomic E-state index is 0.151. The van der Waals surface area contributed by atoms with Crippen LogP contribution < -0.4 is 9.80 Å². The number of benzene rings is 6. The van der Waals surface area contributed by atoms with Gasteiger partial charge in [0.05, 0.1) is 21.2 Å². The fourth-order valence-electron chi connectivity index (χ4n) is 16.3. The predicted molar refractivity (Wildman–Crippen MR) is 386 cm³/mol. The molecule has 0 spiro atoms. The number of thioether (sulfide) groups is 1. The minimum Gasteiger partial charge on any atom is -0.314 e. The molecular formula is C85H72N4S2. The van der Waals surface area contributed by atoms with Gasteiger partial charge in [0, 0.05) is 88.6 Å². The summed E-state index contributed by atoms with van der Waals surface area (Å²) in [6, 6.07) is 60.0. The molecule has 0 fully saturated rings. The van der Waals surface area contributed by atoms with E-state index >= 15 is 0 Å². The molecule has 8 aliphatic rings. The van der Waals surface area contributed by atoms with Gasteiger partial charge in [-0.25, -0.2) is 0 Å². The zero-order chi connectivity index (χ0) is 60.6. The molecule has 1 aliphatic heterocycles. The summed E-state index contributed by atoms with van der Waals surface area (Å²) < 4.78 is 1.16. The monoisotopic (exact) mass is 1210 g/mol. The molecule has 444 valence electrons. The average molecular weight is 1210 g/mol. The second-order valence-corrected chi connectivity index (χ2v) is 28.6. The summed E-state index contributed by atoms with van der Waals surface area (Å²) >= 11 is 4.03. The quantitative estimate of drug-likeness (QED) is 0.122. The number of thiophene rings is 1. The van der Waals surface area contributed by atoms with E-state index in [0.29, 0.717) is 5.92 Å². The number of allylic oxidation sites excluding steroid dienone is 23. The highest BCUT2D eigenvalue weighted by molar-refractivity contribution is 8.01. The van der Waals surface area contributed by atoms with Crippen molar-refractivity contribution >= 4 is 88.9 Å². The number of rotatable bonds is 12. The van der Waals surface area contributed by atoms with Gasteiger partial charge in [-0.05, 0) is 218 Å². The van der Waals surface area contributed by atoms with Gasteiger partial charge >= 0.3 is 0 Å². The van der Waals surface area contributed by atoms with Crippen molar-refractivity contribution in [2.45, 2.75) is 105 Å². The summed E-state index contributed by atoms with van der Waals surface area (Å²) in [6.45, 7) is 4.84. The molecular weight excluding hydrogens is 1140 g/mol. The first-order chi connectivity index (χ1) is 44.9. The van der Waals surface area contributed by atoms with Crippen LogP contribution >= 0.6 is 23.1 Å². The van der Waals surface area contributed by atoms with Crippen LogP contribution in [0.4, 0.5) is 22.7 Å². The Hall–Kier alpha value is -9.07. The summed E-state index contributed by atoms with van der Waals surface area (Å²) in [4.78, 5) is 17.9. The molecule has 4 nitrogen and oxygen atoms in total. The van der Waals surface area contributed by atoms with E-state index in [0.717, 1.165) is 104 Å². The van der Waals surface area contributed by atoms with E-state index in [2.05, 4.69) is 266 Å². The molecule has 0 radical (unpaired) electrons. The predicted octanol–water partition coefficient (Wildman–Crippen LogP) is 23.1. The maximum atomic E-state index is 4.99. The highest BCUT2D eigenvalue weighted by Crippen LogP contribution is 2.63. The van der Waals surface area contributed by atoms with Gasteiger partial charge in [0.2, 0.25) is 0 Å². The van der Waals surface area contributed by atoms with Crippen LogP contribution in [0.5, 0.6) is 0 Å². The molecule has 0 bridgehead atoms. The largest absolute Gasteiger partial charge is 0.314 e. The third-order valence-corrected chi connectivity index (χ3v) is 23.3. The van der Waals surface area contributed by atoms with Crippen molar-refractivity contribution in [2.75, 3.05) is 9.80 Å². The Kier molecular flexibility index (Phi) is 14.1. The normalized spacial score (nSPS) is 21.5. The van der Waals surface area contributed by atoms with Gasteiger partial charge < -0.3 is 9.80 Å². The zero-order valence-electron chi connectivity index (χ0n) is 51.8. The first-order valence-electron chi connectivity index (χ1n) is 33.1. The number of hydrogen-bond donors (Lipinski definition) is 0. The molecule has 3 atom stereocenters. The Morgan fingerprint density at radius 1 is 0.549 bits per heavy atom. The first kappa shape index (κ1) is 56.0. The van der Waals surface area contributed by atoms with Crippen molar-refractivity contribution in [3.8, 4) is 0 Å². The summed E-state index contributed by atoms with van der Waals surface area (Å²) in [7, 11) is 0.